The molecule has 11 nitrogen and oxygen atoms in total. The summed E-state index contributed by atoms with van der Waals surface area (Å²) in [4.78, 5) is 24.5. The first-order valence-electron chi connectivity index (χ1n) is 11.2. The summed E-state index contributed by atoms with van der Waals surface area (Å²) in [6, 6.07) is 0. The molecule has 4 aliphatic carbocycles. The number of hydrogen-bond acceptors (Lipinski definition) is 10. The molecule has 0 radical (unpaired) electrons. The first kappa shape index (κ1) is 24.3. The van der Waals surface area contributed by atoms with Crippen LogP contribution in [0, 0.1) is 17.8 Å². The number of halogens is 2. The molecule has 34 heavy (non-hydrogen) atoms. The van der Waals surface area contributed by atoms with Gasteiger partial charge in [-0.25, -0.2) is 9.59 Å². The average molecular weight is 512 g/mol. The summed E-state index contributed by atoms with van der Waals surface area (Å²) in [5.74, 6) is -4.93. The first-order chi connectivity index (χ1) is 15.8. The number of carbonyl (C=O) groups is 2. The summed E-state index contributed by atoms with van der Waals surface area (Å²) >= 11 is 0. The van der Waals surface area contributed by atoms with E-state index in [0.29, 0.717) is 19.4 Å². The summed E-state index contributed by atoms with van der Waals surface area (Å²) in [6.45, 7) is 3.83. The Hall–Kier alpha value is -1.45. The van der Waals surface area contributed by atoms with Crippen LogP contribution in [0.5, 0.6) is 0 Å². The summed E-state index contributed by atoms with van der Waals surface area (Å²) in [7, 11) is -5.98. The lowest BCUT2D eigenvalue weighted by molar-refractivity contribution is -0.340. The van der Waals surface area contributed by atoms with Crippen LogP contribution in [-0.4, -0.2) is 72.9 Å². The monoisotopic (exact) mass is 512 g/mol. The summed E-state index contributed by atoms with van der Waals surface area (Å²) < 4.78 is 92.2. The molecule has 1 spiro atoms. The van der Waals surface area contributed by atoms with Gasteiger partial charge in [-0.05, 0) is 51.9 Å². The minimum Gasteiger partial charge on any atom is -0.454 e. The molecule has 0 aromatic heterocycles. The molecule has 14 heteroatoms. The van der Waals surface area contributed by atoms with Gasteiger partial charge in [0, 0.05) is 18.4 Å². The number of cyclic esters (lactones) is 1. The highest BCUT2D eigenvalue weighted by Gasteiger charge is 2.72. The third-order valence-corrected chi connectivity index (χ3v) is 8.35. The number of rotatable bonds is 7. The van der Waals surface area contributed by atoms with E-state index in [1.807, 2.05) is 0 Å². The molecule has 6 aliphatic rings. The molecule has 1 N–H and O–H groups in total. The lowest BCUT2D eigenvalue weighted by atomic mass is 9.51. The molecule has 0 amide bonds. The second-order valence-corrected chi connectivity index (χ2v) is 11.2. The van der Waals surface area contributed by atoms with E-state index in [9.17, 15) is 26.8 Å². The number of hydrogen-bond donors (Lipinski definition) is 1. The van der Waals surface area contributed by atoms with Crippen LogP contribution in [0.15, 0.2) is 0 Å². The van der Waals surface area contributed by atoms with Crippen molar-refractivity contribution < 1.29 is 59.8 Å². The number of fused-ring (bicyclic) bond motifs is 1. The molecule has 0 aromatic carbocycles. The Balaban J connectivity index is 1.35. The fraction of sp³-hybridized carbons (Fsp3) is 0.900. The Kier molecular flexibility index (Phi) is 5.54. The zero-order chi connectivity index (χ0) is 24.7. The van der Waals surface area contributed by atoms with Gasteiger partial charge in [-0.15, -0.1) is 0 Å². The van der Waals surface area contributed by atoms with Gasteiger partial charge >= 0.3 is 27.3 Å². The van der Waals surface area contributed by atoms with Crippen LogP contribution in [0.2, 0.25) is 0 Å². The molecular weight excluding hydrogens is 486 g/mol. The smallest absolute Gasteiger partial charge is 0.454 e. The van der Waals surface area contributed by atoms with Crippen molar-refractivity contribution in [1.82, 2.24) is 0 Å². The van der Waals surface area contributed by atoms with Crippen molar-refractivity contribution in [3.8, 4) is 0 Å². The standard InChI is InChI=1S/C20H26F2O11S/c1-3-28-9(2)29-16-14-13(15(23)30-16)31-19(32-14)11-4-10-5-12(19)8-18(6-10,7-11)33-17(24)20(21,22)34(25,26)27/h9-14,16H,3-8H2,1-2H3,(H,25,26,27). The second-order valence-electron chi connectivity index (χ2n) is 9.71. The molecule has 2 aliphatic heterocycles. The summed E-state index contributed by atoms with van der Waals surface area (Å²) in [5, 5.41) is -5.07. The van der Waals surface area contributed by atoms with E-state index in [4.69, 9.17) is 33.0 Å². The maximum Gasteiger partial charge on any atom is 0.465 e. The van der Waals surface area contributed by atoms with Crippen LogP contribution in [0.25, 0.3) is 0 Å². The summed E-state index contributed by atoms with van der Waals surface area (Å²) in [5.41, 5.74) is -1.34. The van der Waals surface area contributed by atoms with E-state index in [2.05, 4.69) is 0 Å². The van der Waals surface area contributed by atoms with Crippen LogP contribution in [0.1, 0.15) is 46.0 Å². The van der Waals surface area contributed by atoms with Crippen molar-refractivity contribution in [2.75, 3.05) is 6.61 Å². The van der Waals surface area contributed by atoms with Crippen LogP contribution in [0.4, 0.5) is 8.78 Å². The van der Waals surface area contributed by atoms with Gasteiger partial charge in [-0.1, -0.05) is 0 Å². The molecule has 2 saturated heterocycles. The second kappa shape index (κ2) is 7.77. The number of esters is 2. The predicted molar refractivity (Wildman–Crippen MR) is 103 cm³/mol. The zero-order valence-corrected chi connectivity index (χ0v) is 19.3. The number of ether oxygens (including phenoxy) is 6. The van der Waals surface area contributed by atoms with E-state index in [0.717, 1.165) is 0 Å². The molecule has 6 atom stereocenters. The molecular formula is C20H26F2O11S. The van der Waals surface area contributed by atoms with Crippen LogP contribution >= 0.6 is 0 Å². The van der Waals surface area contributed by atoms with E-state index < -0.39 is 75.3 Å². The fourth-order valence-electron chi connectivity index (χ4n) is 6.49. The lowest BCUT2D eigenvalue weighted by Crippen LogP contribution is -2.66. The van der Waals surface area contributed by atoms with Crippen molar-refractivity contribution >= 4 is 22.1 Å². The maximum atomic E-state index is 13.9. The normalized spacial score (nSPS) is 43.7. The van der Waals surface area contributed by atoms with Crippen molar-refractivity contribution in [3.63, 3.8) is 0 Å². The predicted octanol–water partition coefficient (Wildman–Crippen LogP) is 1.35. The van der Waals surface area contributed by atoms with Gasteiger partial charge in [0.25, 0.3) is 0 Å². The van der Waals surface area contributed by atoms with Crippen molar-refractivity contribution in [3.05, 3.63) is 0 Å². The number of carbonyl (C=O) groups excluding carboxylic acids is 2. The Morgan fingerprint density at radius 1 is 1.24 bits per heavy atom. The fourth-order valence-corrected chi connectivity index (χ4v) is 6.74. The van der Waals surface area contributed by atoms with Gasteiger partial charge in [0.1, 0.15) is 5.60 Å². The third kappa shape index (κ3) is 3.56. The number of alkyl halides is 2. The third-order valence-electron chi connectivity index (χ3n) is 7.53. The van der Waals surface area contributed by atoms with Gasteiger partial charge in [-0.3, -0.25) is 4.55 Å². The lowest BCUT2D eigenvalue weighted by Gasteiger charge is -2.62. The van der Waals surface area contributed by atoms with Gasteiger partial charge in [0.15, 0.2) is 24.3 Å². The highest BCUT2D eigenvalue weighted by molar-refractivity contribution is 7.87. The SMILES string of the molecule is CCOC(C)OC1OC(=O)C2OC3(OC12)C1CC2CC3CC(OC(=O)C(F)(F)S(=O)(=O)O)(C2)C1. The average Bonchev–Trinajstić information content (AvgIpc) is 3.23. The van der Waals surface area contributed by atoms with E-state index >= 15 is 0 Å². The van der Waals surface area contributed by atoms with Gasteiger partial charge < -0.3 is 28.4 Å². The molecule has 192 valence electrons. The quantitative estimate of drug-likeness (QED) is 0.300. The maximum absolute atomic E-state index is 13.9. The summed E-state index contributed by atoms with van der Waals surface area (Å²) in [6.07, 6.45) is -1.93. The molecule has 4 bridgehead atoms. The van der Waals surface area contributed by atoms with Crippen LogP contribution in [-0.2, 0) is 48.1 Å². The van der Waals surface area contributed by atoms with Gasteiger partial charge in [0.2, 0.25) is 6.29 Å². The van der Waals surface area contributed by atoms with Crippen LogP contribution in [0.3, 0.4) is 0 Å². The topological polar surface area (TPSA) is 144 Å². The Bertz CT molecular complexity index is 969. The van der Waals surface area contributed by atoms with E-state index in [1.54, 1.807) is 13.8 Å². The minimum absolute atomic E-state index is 0.0138. The highest BCUT2D eigenvalue weighted by atomic mass is 32.2. The molecule has 2 heterocycles. The van der Waals surface area contributed by atoms with Gasteiger partial charge in [0.05, 0.1) is 0 Å². The minimum atomic E-state index is -5.98. The molecule has 6 rings (SSSR count). The largest absolute Gasteiger partial charge is 0.465 e. The van der Waals surface area contributed by atoms with Crippen LogP contribution < -0.4 is 0 Å². The van der Waals surface area contributed by atoms with Crippen molar-refractivity contribution in [2.45, 2.75) is 87.4 Å². The molecule has 0 aromatic rings. The Morgan fingerprint density at radius 3 is 2.47 bits per heavy atom. The first-order valence-corrected chi connectivity index (χ1v) is 12.7. The highest BCUT2D eigenvalue weighted by Crippen LogP contribution is 2.65. The molecule has 4 saturated carbocycles. The van der Waals surface area contributed by atoms with Gasteiger partial charge in [-0.2, -0.15) is 17.2 Å². The molecule has 6 unspecified atom stereocenters. The van der Waals surface area contributed by atoms with Crippen molar-refractivity contribution in [1.29, 1.82) is 0 Å². The van der Waals surface area contributed by atoms with Crippen molar-refractivity contribution in [2.24, 2.45) is 17.8 Å². The van der Waals surface area contributed by atoms with E-state index in [1.165, 1.54) is 0 Å². The Morgan fingerprint density at radius 2 is 1.88 bits per heavy atom. The molecule has 6 fully saturated rings. The van der Waals surface area contributed by atoms with E-state index in [-0.39, 0.29) is 25.2 Å². The zero-order valence-electron chi connectivity index (χ0n) is 18.5. The Labute approximate surface area is 194 Å².